The minimum absolute atomic E-state index is 0.0141. The lowest BCUT2D eigenvalue weighted by Gasteiger charge is -2.28. The van der Waals surface area contributed by atoms with E-state index in [1.807, 2.05) is 6.92 Å². The summed E-state index contributed by atoms with van der Waals surface area (Å²) in [6.07, 6.45) is 4.31. The second kappa shape index (κ2) is 4.95. The minimum Gasteiger partial charge on any atom is -0.469 e. The van der Waals surface area contributed by atoms with Crippen molar-refractivity contribution in [2.24, 2.45) is 5.92 Å². The van der Waals surface area contributed by atoms with Gasteiger partial charge in [-0.05, 0) is 19.8 Å². The second-order valence-corrected chi connectivity index (χ2v) is 5.37. The molecule has 1 heterocycles. The Labute approximate surface area is 99.8 Å². The summed E-state index contributed by atoms with van der Waals surface area (Å²) in [6.45, 7) is 2.00. The lowest BCUT2D eigenvalue weighted by molar-refractivity contribution is -0.147. The SMILES string of the molecule is COC(=O)C1CCCCC1c1csc(C)n1. The van der Waals surface area contributed by atoms with Crippen molar-refractivity contribution in [3.05, 3.63) is 16.1 Å². The molecule has 1 saturated carbocycles. The third kappa shape index (κ3) is 2.26. The summed E-state index contributed by atoms with van der Waals surface area (Å²) in [4.78, 5) is 16.2. The van der Waals surface area contributed by atoms with Crippen LogP contribution in [0.15, 0.2) is 5.38 Å². The predicted octanol–water partition coefficient (Wildman–Crippen LogP) is 2.90. The molecule has 0 N–H and O–H groups in total. The molecule has 2 unspecified atom stereocenters. The van der Waals surface area contributed by atoms with Crippen LogP contribution in [0.25, 0.3) is 0 Å². The fourth-order valence-corrected chi connectivity index (χ4v) is 3.15. The van der Waals surface area contributed by atoms with E-state index < -0.39 is 0 Å². The maximum atomic E-state index is 11.7. The van der Waals surface area contributed by atoms with E-state index in [9.17, 15) is 4.79 Å². The zero-order valence-electron chi connectivity index (χ0n) is 9.73. The molecule has 1 aromatic heterocycles. The molecule has 16 heavy (non-hydrogen) atoms. The molecule has 0 aliphatic heterocycles. The van der Waals surface area contributed by atoms with E-state index in [4.69, 9.17) is 4.74 Å². The maximum absolute atomic E-state index is 11.7. The van der Waals surface area contributed by atoms with Crippen LogP contribution in [-0.4, -0.2) is 18.1 Å². The summed E-state index contributed by atoms with van der Waals surface area (Å²) in [5.74, 6) is 0.210. The molecular formula is C12H17NO2S. The number of aryl methyl sites for hydroxylation is 1. The first-order valence-electron chi connectivity index (χ1n) is 5.72. The number of esters is 1. The predicted molar refractivity (Wildman–Crippen MR) is 63.6 cm³/mol. The van der Waals surface area contributed by atoms with Gasteiger partial charge in [-0.15, -0.1) is 11.3 Å². The summed E-state index contributed by atoms with van der Waals surface area (Å²) >= 11 is 1.66. The Bertz CT molecular complexity index is 375. The summed E-state index contributed by atoms with van der Waals surface area (Å²) in [6, 6.07) is 0. The van der Waals surface area contributed by atoms with Gasteiger partial charge in [0.05, 0.1) is 23.7 Å². The average molecular weight is 239 g/mol. The summed E-state index contributed by atoms with van der Waals surface area (Å²) in [5.41, 5.74) is 1.08. The number of methoxy groups -OCH3 is 1. The third-order valence-corrected chi connectivity index (χ3v) is 4.08. The Kier molecular flexibility index (Phi) is 3.59. The standard InChI is InChI=1S/C12H17NO2S/c1-8-13-11(7-16-8)9-5-3-4-6-10(9)12(14)15-2/h7,9-10H,3-6H2,1-2H3. The Morgan fingerprint density at radius 2 is 2.25 bits per heavy atom. The van der Waals surface area contributed by atoms with E-state index in [0.29, 0.717) is 0 Å². The Balaban J connectivity index is 2.19. The van der Waals surface area contributed by atoms with Gasteiger partial charge in [0.15, 0.2) is 0 Å². The number of rotatable bonds is 2. The van der Waals surface area contributed by atoms with Crippen molar-refractivity contribution in [3.63, 3.8) is 0 Å². The lowest BCUT2D eigenvalue weighted by atomic mass is 9.78. The van der Waals surface area contributed by atoms with Crippen molar-refractivity contribution in [3.8, 4) is 0 Å². The van der Waals surface area contributed by atoms with Crippen LogP contribution in [0.1, 0.15) is 42.3 Å². The van der Waals surface area contributed by atoms with E-state index >= 15 is 0 Å². The molecule has 2 atom stereocenters. The highest BCUT2D eigenvalue weighted by molar-refractivity contribution is 7.09. The molecule has 0 aromatic carbocycles. The van der Waals surface area contributed by atoms with E-state index in [1.165, 1.54) is 13.5 Å². The zero-order valence-corrected chi connectivity index (χ0v) is 10.5. The smallest absolute Gasteiger partial charge is 0.309 e. The average Bonchev–Trinajstić information content (AvgIpc) is 2.75. The van der Waals surface area contributed by atoms with E-state index in [2.05, 4.69) is 10.4 Å². The van der Waals surface area contributed by atoms with Crippen LogP contribution in [0.3, 0.4) is 0 Å². The van der Waals surface area contributed by atoms with E-state index in [0.717, 1.165) is 30.0 Å². The van der Waals surface area contributed by atoms with Crippen molar-refractivity contribution in [2.45, 2.75) is 38.5 Å². The van der Waals surface area contributed by atoms with Gasteiger partial charge in [0.25, 0.3) is 0 Å². The molecule has 0 amide bonds. The van der Waals surface area contributed by atoms with Gasteiger partial charge in [0.1, 0.15) is 0 Å². The minimum atomic E-state index is -0.0737. The summed E-state index contributed by atoms with van der Waals surface area (Å²) in [5, 5.41) is 3.16. The molecule has 88 valence electrons. The van der Waals surface area contributed by atoms with Crippen molar-refractivity contribution in [1.29, 1.82) is 0 Å². The van der Waals surface area contributed by atoms with Crippen molar-refractivity contribution in [2.75, 3.05) is 7.11 Å². The molecule has 4 heteroatoms. The first-order chi connectivity index (χ1) is 7.72. The monoisotopic (exact) mass is 239 g/mol. The van der Waals surface area contributed by atoms with Gasteiger partial charge in [-0.3, -0.25) is 4.79 Å². The topological polar surface area (TPSA) is 39.2 Å². The number of hydrogen-bond donors (Lipinski definition) is 0. The van der Waals surface area contributed by atoms with Crippen LogP contribution in [-0.2, 0) is 9.53 Å². The van der Waals surface area contributed by atoms with Crippen LogP contribution in [0, 0.1) is 12.8 Å². The molecule has 1 fully saturated rings. The van der Waals surface area contributed by atoms with Crippen LogP contribution >= 0.6 is 11.3 Å². The first-order valence-corrected chi connectivity index (χ1v) is 6.60. The second-order valence-electron chi connectivity index (χ2n) is 4.31. The van der Waals surface area contributed by atoms with E-state index in [1.54, 1.807) is 11.3 Å². The molecule has 1 aromatic rings. The molecule has 0 saturated heterocycles. The molecule has 1 aliphatic carbocycles. The first kappa shape index (κ1) is 11.6. The Morgan fingerprint density at radius 3 is 2.88 bits per heavy atom. The molecule has 0 radical (unpaired) electrons. The van der Waals surface area contributed by atoms with Crippen LogP contribution < -0.4 is 0 Å². The fourth-order valence-electron chi connectivity index (χ4n) is 2.47. The molecule has 2 rings (SSSR count). The molecule has 0 spiro atoms. The van der Waals surface area contributed by atoms with Gasteiger partial charge in [0, 0.05) is 11.3 Å². The molecular weight excluding hydrogens is 222 g/mol. The highest BCUT2D eigenvalue weighted by Crippen LogP contribution is 2.38. The number of hydrogen-bond acceptors (Lipinski definition) is 4. The number of nitrogens with zero attached hydrogens (tertiary/aromatic N) is 1. The lowest BCUT2D eigenvalue weighted by Crippen LogP contribution is -2.27. The van der Waals surface area contributed by atoms with E-state index in [-0.39, 0.29) is 17.8 Å². The number of thiazole rings is 1. The number of ether oxygens (including phenoxy) is 1. The van der Waals surface area contributed by atoms with Crippen molar-refractivity contribution < 1.29 is 9.53 Å². The number of carbonyl (C=O) groups excluding carboxylic acids is 1. The number of carbonyl (C=O) groups is 1. The number of aromatic nitrogens is 1. The Hall–Kier alpha value is -0.900. The van der Waals surface area contributed by atoms with Gasteiger partial charge >= 0.3 is 5.97 Å². The highest BCUT2D eigenvalue weighted by Gasteiger charge is 2.33. The molecule has 0 bridgehead atoms. The maximum Gasteiger partial charge on any atom is 0.309 e. The van der Waals surface area contributed by atoms with Crippen molar-refractivity contribution in [1.82, 2.24) is 4.98 Å². The zero-order chi connectivity index (χ0) is 11.5. The summed E-state index contributed by atoms with van der Waals surface area (Å²) < 4.78 is 4.88. The molecule has 3 nitrogen and oxygen atoms in total. The van der Waals surface area contributed by atoms with Gasteiger partial charge < -0.3 is 4.74 Å². The van der Waals surface area contributed by atoms with Gasteiger partial charge in [-0.25, -0.2) is 4.98 Å². The molecule has 1 aliphatic rings. The van der Waals surface area contributed by atoms with Crippen molar-refractivity contribution >= 4 is 17.3 Å². The quantitative estimate of drug-likeness (QED) is 0.745. The van der Waals surface area contributed by atoms with Crippen LogP contribution in [0.5, 0.6) is 0 Å². The van der Waals surface area contributed by atoms with Gasteiger partial charge in [-0.1, -0.05) is 12.8 Å². The van der Waals surface area contributed by atoms with Gasteiger partial charge in [-0.2, -0.15) is 0 Å². The van der Waals surface area contributed by atoms with Crippen LogP contribution in [0.2, 0.25) is 0 Å². The Morgan fingerprint density at radius 1 is 1.50 bits per heavy atom. The third-order valence-electron chi connectivity index (χ3n) is 3.29. The largest absolute Gasteiger partial charge is 0.469 e. The fraction of sp³-hybridized carbons (Fsp3) is 0.667. The van der Waals surface area contributed by atoms with Gasteiger partial charge in [0.2, 0.25) is 0 Å². The van der Waals surface area contributed by atoms with Crippen LogP contribution in [0.4, 0.5) is 0 Å². The normalized spacial score (nSPS) is 25.4. The summed E-state index contributed by atoms with van der Waals surface area (Å²) in [7, 11) is 1.47. The highest BCUT2D eigenvalue weighted by atomic mass is 32.1.